The quantitative estimate of drug-likeness (QED) is 0.677. The lowest BCUT2D eigenvalue weighted by Gasteiger charge is -2.09. The molecular formula is C10H17N3O4S2. The molecule has 9 heteroatoms. The van der Waals surface area contributed by atoms with Crippen molar-refractivity contribution < 1.29 is 18.3 Å². The van der Waals surface area contributed by atoms with E-state index in [2.05, 4.69) is 9.71 Å². The molecule has 1 aromatic heterocycles. The number of rotatable bonds is 8. The van der Waals surface area contributed by atoms with Crippen molar-refractivity contribution in [3.05, 3.63) is 11.2 Å². The number of aromatic nitrogens is 1. The van der Waals surface area contributed by atoms with E-state index < -0.39 is 21.7 Å². The lowest BCUT2D eigenvalue weighted by Crippen LogP contribution is -2.26. The number of aromatic carboxylic acids is 1. The van der Waals surface area contributed by atoms with Gasteiger partial charge in [-0.3, -0.25) is 0 Å². The smallest absolute Gasteiger partial charge is 0.356 e. The molecule has 0 aliphatic heterocycles. The van der Waals surface area contributed by atoms with Crippen LogP contribution >= 0.6 is 11.3 Å². The molecule has 0 aliphatic rings. The number of hydrogen-bond donors (Lipinski definition) is 2. The number of nitrogens with zero attached hydrogens (tertiary/aromatic N) is 2. The van der Waals surface area contributed by atoms with Crippen molar-refractivity contribution in [3.8, 4) is 0 Å². The standard InChI is InChI=1S/C10H17N3O4S2/c1-13(2)6-4-3-5-12-19(16,17)10-8(9(14)15)11-7-18-10/h7,12H,3-6H2,1-2H3,(H,14,15). The van der Waals surface area contributed by atoms with Crippen LogP contribution in [0, 0.1) is 0 Å². The van der Waals surface area contributed by atoms with E-state index in [1.165, 1.54) is 5.51 Å². The number of carboxylic acid groups (broad SMARTS) is 1. The molecule has 0 spiro atoms. The maximum atomic E-state index is 11.9. The average Bonchev–Trinajstić information content (AvgIpc) is 2.77. The number of carboxylic acids is 1. The second-order valence-electron chi connectivity index (χ2n) is 4.20. The first kappa shape index (κ1) is 16.0. The van der Waals surface area contributed by atoms with Crippen LogP contribution in [0.25, 0.3) is 0 Å². The Morgan fingerprint density at radius 1 is 1.47 bits per heavy atom. The van der Waals surface area contributed by atoms with Crippen LogP contribution in [0.4, 0.5) is 0 Å². The van der Waals surface area contributed by atoms with Crippen molar-refractivity contribution in [3.63, 3.8) is 0 Å². The Morgan fingerprint density at radius 2 is 2.16 bits per heavy atom. The molecule has 0 saturated carbocycles. The molecule has 0 bridgehead atoms. The molecule has 2 N–H and O–H groups in total. The summed E-state index contributed by atoms with van der Waals surface area (Å²) >= 11 is 0.803. The summed E-state index contributed by atoms with van der Waals surface area (Å²) in [5, 5.41) is 8.84. The lowest BCUT2D eigenvalue weighted by molar-refractivity contribution is 0.0687. The normalized spacial score (nSPS) is 11.9. The summed E-state index contributed by atoms with van der Waals surface area (Å²) in [4.78, 5) is 16.4. The van der Waals surface area contributed by atoms with Crippen LogP contribution in [0.1, 0.15) is 23.3 Å². The fourth-order valence-corrected chi connectivity index (χ4v) is 3.65. The Kier molecular flexibility index (Phi) is 5.85. The summed E-state index contributed by atoms with van der Waals surface area (Å²) in [6.45, 7) is 1.16. The van der Waals surface area contributed by atoms with Crippen LogP contribution in [0.5, 0.6) is 0 Å². The zero-order valence-corrected chi connectivity index (χ0v) is 12.4. The van der Waals surface area contributed by atoms with Crippen molar-refractivity contribution in [2.75, 3.05) is 27.2 Å². The Balaban J connectivity index is 2.57. The highest BCUT2D eigenvalue weighted by atomic mass is 32.2. The minimum absolute atomic E-state index is 0.243. The van der Waals surface area contributed by atoms with E-state index in [0.29, 0.717) is 6.42 Å². The summed E-state index contributed by atoms with van der Waals surface area (Å²) < 4.78 is 26.0. The number of unbranched alkanes of at least 4 members (excludes halogenated alkanes) is 1. The first-order valence-corrected chi connectivity index (χ1v) is 8.02. The first-order chi connectivity index (χ1) is 8.84. The topological polar surface area (TPSA) is 99.6 Å². The maximum Gasteiger partial charge on any atom is 0.356 e. The number of nitrogens with one attached hydrogen (secondary N) is 1. The van der Waals surface area contributed by atoms with Gasteiger partial charge in [0.2, 0.25) is 0 Å². The second kappa shape index (κ2) is 6.94. The zero-order valence-electron chi connectivity index (χ0n) is 10.8. The second-order valence-corrected chi connectivity index (χ2v) is 7.02. The number of thiazole rings is 1. The summed E-state index contributed by atoms with van der Waals surface area (Å²) in [5.74, 6) is -1.34. The van der Waals surface area contributed by atoms with E-state index in [1.807, 2.05) is 19.0 Å². The summed E-state index contributed by atoms with van der Waals surface area (Å²) in [6.07, 6.45) is 1.56. The zero-order chi connectivity index (χ0) is 14.5. The molecular weight excluding hydrogens is 290 g/mol. The maximum absolute atomic E-state index is 11.9. The van der Waals surface area contributed by atoms with Crippen LogP contribution in [0.3, 0.4) is 0 Å². The Hall–Kier alpha value is -1.03. The predicted octanol–water partition coefficient (Wildman–Crippen LogP) is 0.461. The highest BCUT2D eigenvalue weighted by molar-refractivity contribution is 7.91. The fourth-order valence-electron chi connectivity index (χ4n) is 1.39. The molecule has 0 radical (unpaired) electrons. The van der Waals surface area contributed by atoms with E-state index in [-0.39, 0.29) is 10.8 Å². The number of sulfonamides is 1. The molecule has 0 fully saturated rings. The van der Waals surface area contributed by atoms with Gasteiger partial charge >= 0.3 is 5.97 Å². The predicted molar refractivity (Wildman–Crippen MR) is 72.0 cm³/mol. The third-order valence-corrected chi connectivity index (χ3v) is 5.14. The largest absolute Gasteiger partial charge is 0.476 e. The van der Waals surface area contributed by atoms with E-state index in [9.17, 15) is 13.2 Å². The molecule has 108 valence electrons. The van der Waals surface area contributed by atoms with Gasteiger partial charge in [0.05, 0.1) is 5.51 Å². The van der Waals surface area contributed by atoms with Gasteiger partial charge in [0.15, 0.2) is 9.90 Å². The van der Waals surface area contributed by atoms with Gasteiger partial charge in [-0.15, -0.1) is 11.3 Å². The molecule has 0 atom stereocenters. The Labute approximate surface area is 116 Å². The van der Waals surface area contributed by atoms with Crippen molar-refractivity contribution in [1.29, 1.82) is 0 Å². The highest BCUT2D eigenvalue weighted by Gasteiger charge is 2.25. The van der Waals surface area contributed by atoms with Crippen molar-refractivity contribution in [1.82, 2.24) is 14.6 Å². The van der Waals surface area contributed by atoms with Crippen LogP contribution in [-0.2, 0) is 10.0 Å². The minimum Gasteiger partial charge on any atom is -0.476 e. The molecule has 19 heavy (non-hydrogen) atoms. The summed E-state index contributed by atoms with van der Waals surface area (Å²) in [6, 6.07) is 0. The van der Waals surface area contributed by atoms with Crippen LogP contribution in [0.2, 0.25) is 0 Å². The molecule has 0 unspecified atom stereocenters. The van der Waals surface area contributed by atoms with E-state index >= 15 is 0 Å². The molecule has 1 heterocycles. The van der Waals surface area contributed by atoms with Gasteiger partial charge in [0.25, 0.3) is 10.0 Å². The van der Waals surface area contributed by atoms with Gasteiger partial charge in [-0.1, -0.05) is 0 Å². The molecule has 0 saturated heterocycles. The highest BCUT2D eigenvalue weighted by Crippen LogP contribution is 2.19. The SMILES string of the molecule is CN(C)CCCCNS(=O)(=O)c1scnc1C(=O)O. The van der Waals surface area contributed by atoms with Crippen LogP contribution in [0.15, 0.2) is 9.72 Å². The van der Waals surface area contributed by atoms with Gasteiger partial charge in [-0.05, 0) is 33.5 Å². The molecule has 1 rings (SSSR count). The number of carbonyl (C=O) groups is 1. The molecule has 0 amide bonds. The molecule has 0 aliphatic carbocycles. The Bertz CT molecular complexity index is 525. The monoisotopic (exact) mass is 307 g/mol. The molecule has 1 aromatic rings. The minimum atomic E-state index is -3.78. The van der Waals surface area contributed by atoms with Gasteiger partial charge in [-0.2, -0.15) is 0 Å². The van der Waals surface area contributed by atoms with Crippen molar-refractivity contribution in [2.24, 2.45) is 0 Å². The van der Waals surface area contributed by atoms with E-state index in [1.54, 1.807) is 0 Å². The van der Waals surface area contributed by atoms with Crippen molar-refractivity contribution >= 4 is 27.3 Å². The molecule has 7 nitrogen and oxygen atoms in total. The summed E-state index contributed by atoms with van der Waals surface area (Å²) in [7, 11) is 0.108. The average molecular weight is 307 g/mol. The number of hydrogen-bond acceptors (Lipinski definition) is 6. The van der Waals surface area contributed by atoms with Gasteiger partial charge in [0.1, 0.15) is 0 Å². The third-order valence-electron chi connectivity index (χ3n) is 2.31. The Morgan fingerprint density at radius 3 is 2.74 bits per heavy atom. The van der Waals surface area contributed by atoms with Crippen molar-refractivity contribution in [2.45, 2.75) is 17.1 Å². The van der Waals surface area contributed by atoms with Crippen LogP contribution in [-0.4, -0.2) is 56.6 Å². The van der Waals surface area contributed by atoms with Crippen LogP contribution < -0.4 is 4.72 Å². The first-order valence-electron chi connectivity index (χ1n) is 5.66. The fraction of sp³-hybridized carbons (Fsp3) is 0.600. The van der Waals surface area contributed by atoms with Gasteiger partial charge < -0.3 is 10.0 Å². The van der Waals surface area contributed by atoms with E-state index in [4.69, 9.17) is 5.11 Å². The lowest BCUT2D eigenvalue weighted by atomic mass is 10.3. The van der Waals surface area contributed by atoms with Gasteiger partial charge in [0, 0.05) is 6.54 Å². The summed E-state index contributed by atoms with van der Waals surface area (Å²) in [5.41, 5.74) is 0.787. The van der Waals surface area contributed by atoms with E-state index in [0.717, 1.165) is 24.3 Å². The molecule has 0 aromatic carbocycles. The van der Waals surface area contributed by atoms with Gasteiger partial charge in [-0.25, -0.2) is 22.9 Å². The third kappa shape index (κ3) is 4.86.